The molecule has 0 bridgehead atoms. The number of rotatable bonds is 4. The fourth-order valence-corrected chi connectivity index (χ4v) is 3.53. The number of carbonyl (C=O) groups excluding carboxylic acids is 3. The highest BCUT2D eigenvalue weighted by Gasteiger charge is 2.32. The van der Waals surface area contributed by atoms with Crippen molar-refractivity contribution in [3.8, 4) is 0 Å². The highest BCUT2D eigenvalue weighted by Crippen LogP contribution is 2.18. The van der Waals surface area contributed by atoms with Gasteiger partial charge in [0.2, 0.25) is 17.7 Å². The normalized spacial score (nSPS) is 18.8. The van der Waals surface area contributed by atoms with E-state index in [0.717, 1.165) is 29.4 Å². The predicted octanol–water partition coefficient (Wildman–Crippen LogP) is -0.0597. The van der Waals surface area contributed by atoms with Gasteiger partial charge in [-0.15, -0.1) is 23.7 Å². The average Bonchev–Trinajstić information content (AvgIpc) is 3.08. The van der Waals surface area contributed by atoms with E-state index < -0.39 is 0 Å². The molecule has 3 heterocycles. The van der Waals surface area contributed by atoms with Gasteiger partial charge in [-0.3, -0.25) is 24.2 Å². The number of aromatic nitrogens is 1. The zero-order valence-electron chi connectivity index (χ0n) is 13.1. The van der Waals surface area contributed by atoms with Crippen LogP contribution in [0.4, 0.5) is 5.13 Å². The van der Waals surface area contributed by atoms with Gasteiger partial charge in [0.15, 0.2) is 5.13 Å². The van der Waals surface area contributed by atoms with Crippen molar-refractivity contribution in [2.75, 3.05) is 38.5 Å². The van der Waals surface area contributed by atoms with E-state index in [9.17, 15) is 14.4 Å². The van der Waals surface area contributed by atoms with E-state index in [1.165, 1.54) is 11.3 Å². The van der Waals surface area contributed by atoms with Crippen molar-refractivity contribution in [2.24, 2.45) is 0 Å². The highest BCUT2D eigenvalue weighted by atomic mass is 35.5. The molecule has 132 valence electrons. The monoisotopic (exact) mass is 373 g/mol. The van der Waals surface area contributed by atoms with E-state index in [2.05, 4.69) is 9.88 Å². The number of anilines is 1. The van der Waals surface area contributed by atoms with Crippen molar-refractivity contribution in [1.82, 2.24) is 19.7 Å². The zero-order chi connectivity index (χ0) is 16.4. The van der Waals surface area contributed by atoms with Gasteiger partial charge < -0.3 is 10.6 Å². The number of nitrogens with two attached hydrogens (primary N) is 1. The van der Waals surface area contributed by atoms with Crippen molar-refractivity contribution < 1.29 is 14.4 Å². The van der Waals surface area contributed by atoms with E-state index >= 15 is 0 Å². The molecule has 0 atom stereocenters. The molecule has 3 amide bonds. The molecule has 2 fully saturated rings. The lowest BCUT2D eigenvalue weighted by molar-refractivity contribution is -0.146. The number of carbonyl (C=O) groups is 3. The summed E-state index contributed by atoms with van der Waals surface area (Å²) >= 11 is 1.47. The molecule has 2 N–H and O–H groups in total. The first-order chi connectivity index (χ1) is 11.0. The molecule has 0 aromatic carbocycles. The van der Waals surface area contributed by atoms with Gasteiger partial charge >= 0.3 is 0 Å². The number of halogens is 1. The topological polar surface area (TPSA) is 99.8 Å². The molecule has 2 aliphatic rings. The first-order valence-electron chi connectivity index (χ1n) is 7.56. The lowest BCUT2D eigenvalue weighted by Crippen LogP contribution is -2.51. The first kappa shape index (κ1) is 18.6. The van der Waals surface area contributed by atoms with Gasteiger partial charge in [-0.1, -0.05) is 0 Å². The van der Waals surface area contributed by atoms with Crippen LogP contribution in [-0.2, 0) is 20.9 Å². The van der Waals surface area contributed by atoms with Crippen LogP contribution < -0.4 is 5.73 Å². The highest BCUT2D eigenvalue weighted by molar-refractivity contribution is 7.15. The van der Waals surface area contributed by atoms with Crippen molar-refractivity contribution >= 4 is 46.6 Å². The Kier molecular flexibility index (Phi) is 6.14. The van der Waals surface area contributed by atoms with Crippen molar-refractivity contribution in [2.45, 2.75) is 19.4 Å². The fraction of sp³-hybridized carbons (Fsp3) is 0.571. The number of nitrogens with zero attached hydrogens (tertiary/aromatic N) is 4. The van der Waals surface area contributed by atoms with Crippen molar-refractivity contribution in [3.63, 3.8) is 0 Å². The van der Waals surface area contributed by atoms with Gasteiger partial charge in [0.1, 0.15) is 6.54 Å². The van der Waals surface area contributed by atoms with Crippen LogP contribution in [0.1, 0.15) is 17.7 Å². The Morgan fingerprint density at radius 1 is 1.17 bits per heavy atom. The summed E-state index contributed by atoms with van der Waals surface area (Å²) < 4.78 is 0. The van der Waals surface area contributed by atoms with E-state index in [-0.39, 0.29) is 49.5 Å². The van der Waals surface area contributed by atoms with Gasteiger partial charge in [-0.2, -0.15) is 0 Å². The summed E-state index contributed by atoms with van der Waals surface area (Å²) in [7, 11) is 0. The number of likely N-dealkylation sites (tertiary alicyclic amines) is 1. The minimum atomic E-state index is -0.246. The van der Waals surface area contributed by atoms with Gasteiger partial charge in [-0.05, 0) is 0 Å². The molecule has 0 unspecified atom stereocenters. The van der Waals surface area contributed by atoms with Crippen LogP contribution >= 0.6 is 23.7 Å². The Balaban J connectivity index is 0.00000208. The number of thiazole rings is 1. The molecular weight excluding hydrogens is 354 g/mol. The molecule has 3 rings (SSSR count). The Morgan fingerprint density at radius 3 is 2.33 bits per heavy atom. The van der Waals surface area contributed by atoms with Crippen LogP contribution in [0.3, 0.4) is 0 Å². The van der Waals surface area contributed by atoms with Gasteiger partial charge in [0, 0.05) is 56.6 Å². The third-order valence-electron chi connectivity index (χ3n) is 4.12. The first-order valence-corrected chi connectivity index (χ1v) is 8.38. The minimum absolute atomic E-state index is 0. The molecule has 0 radical (unpaired) electrons. The Labute approximate surface area is 150 Å². The molecule has 0 aliphatic carbocycles. The number of nitrogen functional groups attached to an aromatic ring is 1. The fourth-order valence-electron chi connectivity index (χ4n) is 2.81. The van der Waals surface area contributed by atoms with Gasteiger partial charge in [0.05, 0.1) is 0 Å². The number of amides is 3. The average molecular weight is 374 g/mol. The van der Waals surface area contributed by atoms with Gasteiger partial charge in [0.25, 0.3) is 0 Å². The summed E-state index contributed by atoms with van der Waals surface area (Å²) in [5, 5.41) is 0.564. The maximum absolute atomic E-state index is 12.3. The molecule has 1 aromatic heterocycles. The molecular formula is C14H20ClN5O3S. The van der Waals surface area contributed by atoms with Crippen LogP contribution in [-0.4, -0.2) is 70.1 Å². The van der Waals surface area contributed by atoms with Crippen LogP contribution in [0.2, 0.25) is 0 Å². The molecule has 10 heteroatoms. The Bertz CT molecular complexity index is 614. The third-order valence-corrected chi connectivity index (χ3v) is 4.94. The molecule has 0 saturated carbocycles. The third kappa shape index (κ3) is 4.22. The summed E-state index contributed by atoms with van der Waals surface area (Å²) in [5.74, 6) is -0.648. The largest absolute Gasteiger partial charge is 0.375 e. The van der Waals surface area contributed by atoms with Crippen LogP contribution in [0.5, 0.6) is 0 Å². The Hall–Kier alpha value is -1.71. The second-order valence-corrected chi connectivity index (χ2v) is 6.84. The molecule has 0 spiro atoms. The second-order valence-electron chi connectivity index (χ2n) is 5.70. The van der Waals surface area contributed by atoms with Gasteiger partial charge in [-0.25, -0.2) is 4.98 Å². The summed E-state index contributed by atoms with van der Waals surface area (Å²) in [5.41, 5.74) is 5.62. The number of piperazine rings is 1. The molecule has 2 aliphatic heterocycles. The van der Waals surface area contributed by atoms with Crippen molar-refractivity contribution in [3.05, 3.63) is 11.1 Å². The zero-order valence-corrected chi connectivity index (χ0v) is 14.8. The summed E-state index contributed by atoms with van der Waals surface area (Å²) in [4.78, 5) is 45.6. The number of hydrogen-bond acceptors (Lipinski definition) is 7. The molecule has 24 heavy (non-hydrogen) atoms. The lowest BCUT2D eigenvalue weighted by Gasteiger charge is -2.35. The van der Waals surface area contributed by atoms with Crippen molar-refractivity contribution in [1.29, 1.82) is 0 Å². The molecule has 1 aromatic rings. The number of hydrogen-bond donors (Lipinski definition) is 1. The van der Waals surface area contributed by atoms with E-state index in [4.69, 9.17) is 5.73 Å². The minimum Gasteiger partial charge on any atom is -0.375 e. The van der Waals surface area contributed by atoms with Crippen LogP contribution in [0, 0.1) is 0 Å². The van der Waals surface area contributed by atoms with Crippen LogP contribution in [0.15, 0.2) is 6.20 Å². The van der Waals surface area contributed by atoms with E-state index in [0.29, 0.717) is 18.2 Å². The SMILES string of the molecule is Cl.Nc1ncc(CN2CCN(C(=O)CN3C(=O)CCC3=O)CC2)s1. The second kappa shape index (κ2) is 7.91. The van der Waals surface area contributed by atoms with Crippen LogP contribution in [0.25, 0.3) is 0 Å². The lowest BCUT2D eigenvalue weighted by atomic mass is 10.3. The van der Waals surface area contributed by atoms with E-state index in [1.807, 2.05) is 0 Å². The molecule has 2 saturated heterocycles. The smallest absolute Gasteiger partial charge is 0.242 e. The quantitative estimate of drug-likeness (QED) is 0.742. The maximum Gasteiger partial charge on any atom is 0.242 e. The maximum atomic E-state index is 12.3. The van der Waals surface area contributed by atoms with E-state index in [1.54, 1.807) is 11.1 Å². The Morgan fingerprint density at radius 2 is 1.79 bits per heavy atom. The molecule has 8 nitrogen and oxygen atoms in total. The summed E-state index contributed by atoms with van der Waals surface area (Å²) in [6, 6.07) is 0. The predicted molar refractivity (Wildman–Crippen MR) is 91.6 cm³/mol. The summed E-state index contributed by atoms with van der Waals surface area (Å²) in [6.45, 7) is 3.37. The standard InChI is InChI=1S/C14H19N5O3S.ClH/c15-14-16-7-10(23-14)8-17-3-5-18(6-4-17)13(22)9-19-11(20)1-2-12(19)21;/h7H,1-6,8-9H2,(H2,15,16);1H. The summed E-state index contributed by atoms with van der Waals surface area (Å²) in [6.07, 6.45) is 2.22. The number of imide groups is 1.